The number of nitrogens with one attached hydrogen (secondary N) is 3. The van der Waals surface area contributed by atoms with Gasteiger partial charge in [0.25, 0.3) is 0 Å². The first-order valence-corrected chi connectivity index (χ1v) is 13.4. The van der Waals surface area contributed by atoms with Crippen molar-refractivity contribution in [2.75, 3.05) is 50.5 Å². The van der Waals surface area contributed by atoms with Crippen molar-refractivity contribution in [3.8, 4) is 17.0 Å². The summed E-state index contributed by atoms with van der Waals surface area (Å²) in [5.74, 6) is -0.149. The fourth-order valence-electron chi connectivity index (χ4n) is 4.53. The maximum Gasteiger partial charge on any atom is 0.325 e. The van der Waals surface area contributed by atoms with Crippen LogP contribution in [-0.2, 0) is 21.4 Å². The molecule has 1 saturated heterocycles. The Morgan fingerprint density at radius 3 is 2.55 bits per heavy atom. The minimum Gasteiger partial charge on any atom is -0.492 e. The summed E-state index contributed by atoms with van der Waals surface area (Å²) < 4.78 is 12.5. The predicted octanol–water partition coefficient (Wildman–Crippen LogP) is 3.76. The van der Waals surface area contributed by atoms with Gasteiger partial charge in [-0.15, -0.1) is 0 Å². The second-order valence-electron chi connectivity index (χ2n) is 9.42. The lowest BCUT2D eigenvalue weighted by Gasteiger charge is -2.31. The molecule has 0 saturated carbocycles. The summed E-state index contributed by atoms with van der Waals surface area (Å²) in [6.45, 7) is 2.38. The summed E-state index contributed by atoms with van der Waals surface area (Å²) in [4.78, 5) is 38.6. The molecule has 0 aliphatic carbocycles. The molecule has 2 aromatic carbocycles. The van der Waals surface area contributed by atoms with Crippen molar-refractivity contribution in [3.63, 3.8) is 0 Å². The summed E-state index contributed by atoms with van der Waals surface area (Å²) in [6.07, 6.45) is 3.36. The zero-order chi connectivity index (χ0) is 28.5. The van der Waals surface area contributed by atoms with Crippen LogP contribution in [0.25, 0.3) is 11.3 Å². The Labute approximate surface area is 237 Å². The molecule has 0 bridgehead atoms. The number of aromatic nitrogens is 2. The van der Waals surface area contributed by atoms with Crippen LogP contribution < -0.4 is 20.7 Å². The van der Waals surface area contributed by atoms with E-state index in [1.807, 2.05) is 25.2 Å². The number of hydrogen-bond acceptors (Lipinski definition) is 7. The normalized spacial score (nSPS) is 15.2. The number of hydrogen-bond donors (Lipinski definition) is 3. The number of nitrogens with zero attached hydrogens (tertiary/aromatic N) is 3. The Morgan fingerprint density at radius 2 is 1.82 bits per heavy atom. The van der Waals surface area contributed by atoms with E-state index in [-0.39, 0.29) is 24.4 Å². The van der Waals surface area contributed by atoms with Crippen molar-refractivity contribution in [1.29, 1.82) is 0 Å². The average Bonchev–Trinajstić information content (AvgIpc) is 3.39. The molecule has 1 aliphatic heterocycles. The lowest BCUT2D eigenvalue weighted by molar-refractivity contribution is -0.141. The first-order valence-electron chi connectivity index (χ1n) is 13.0. The molecule has 40 heavy (non-hydrogen) atoms. The van der Waals surface area contributed by atoms with Crippen LogP contribution in [0.2, 0.25) is 5.02 Å². The van der Waals surface area contributed by atoms with Crippen molar-refractivity contribution < 1.29 is 23.9 Å². The van der Waals surface area contributed by atoms with Gasteiger partial charge in [0.2, 0.25) is 5.91 Å². The molecule has 212 valence electrons. The van der Waals surface area contributed by atoms with Crippen LogP contribution in [0.3, 0.4) is 0 Å². The minimum atomic E-state index is -0.470. The van der Waals surface area contributed by atoms with Gasteiger partial charge in [0.05, 0.1) is 18.7 Å². The van der Waals surface area contributed by atoms with Crippen LogP contribution in [0.4, 0.5) is 16.2 Å². The van der Waals surface area contributed by atoms with Gasteiger partial charge in [-0.25, -0.2) is 4.79 Å². The van der Waals surface area contributed by atoms with E-state index in [4.69, 9.17) is 16.3 Å². The molecule has 3 aromatic rings. The number of urea groups is 1. The van der Waals surface area contributed by atoms with Gasteiger partial charge in [-0.3, -0.25) is 19.2 Å². The fraction of sp³-hybridized carbons (Fsp3) is 0.357. The number of rotatable bonds is 10. The maximum atomic E-state index is 12.6. The van der Waals surface area contributed by atoms with Gasteiger partial charge in [0.1, 0.15) is 18.9 Å². The van der Waals surface area contributed by atoms with Crippen LogP contribution in [0, 0.1) is 5.92 Å². The predicted molar refractivity (Wildman–Crippen MR) is 152 cm³/mol. The Bertz CT molecular complexity index is 1330. The molecule has 1 fully saturated rings. The second kappa shape index (κ2) is 13.8. The number of ether oxygens (including phenoxy) is 2. The number of carbonyl (C=O) groups excluding carboxylic acids is 3. The van der Waals surface area contributed by atoms with Crippen molar-refractivity contribution in [3.05, 3.63) is 59.8 Å². The number of benzene rings is 2. The lowest BCUT2D eigenvalue weighted by atomic mass is 9.97. The third kappa shape index (κ3) is 7.96. The molecule has 1 unspecified atom stereocenters. The first kappa shape index (κ1) is 28.9. The van der Waals surface area contributed by atoms with Crippen molar-refractivity contribution in [2.24, 2.45) is 13.0 Å². The topological polar surface area (TPSA) is 127 Å². The van der Waals surface area contributed by atoms with Gasteiger partial charge >= 0.3 is 12.0 Å². The van der Waals surface area contributed by atoms with Crippen LogP contribution in [0.1, 0.15) is 12.8 Å². The Kier molecular flexibility index (Phi) is 9.98. The molecule has 0 radical (unpaired) electrons. The van der Waals surface area contributed by atoms with Crippen LogP contribution >= 0.6 is 11.6 Å². The summed E-state index contributed by atoms with van der Waals surface area (Å²) >= 11 is 5.92. The highest BCUT2D eigenvalue weighted by molar-refractivity contribution is 6.30. The molecule has 1 atom stereocenters. The molecule has 2 heterocycles. The lowest BCUT2D eigenvalue weighted by Crippen LogP contribution is -2.45. The van der Waals surface area contributed by atoms with Crippen LogP contribution in [-0.4, -0.2) is 72.5 Å². The van der Waals surface area contributed by atoms with E-state index in [0.717, 1.165) is 30.6 Å². The van der Waals surface area contributed by atoms with Gasteiger partial charge in [0, 0.05) is 48.3 Å². The maximum absolute atomic E-state index is 12.6. The first-order chi connectivity index (χ1) is 19.3. The number of aryl methyl sites for hydroxylation is 1. The largest absolute Gasteiger partial charge is 0.492 e. The summed E-state index contributed by atoms with van der Waals surface area (Å²) in [7, 11) is 3.13. The number of anilines is 2. The molecule has 0 spiro atoms. The number of likely N-dealkylation sites (tertiary alicyclic amines) is 1. The quantitative estimate of drug-likeness (QED) is 0.318. The molecule has 1 aromatic heterocycles. The molecule has 1 aliphatic rings. The van der Waals surface area contributed by atoms with Crippen LogP contribution in [0.15, 0.2) is 54.7 Å². The highest BCUT2D eigenvalue weighted by atomic mass is 35.5. The van der Waals surface area contributed by atoms with E-state index in [0.29, 0.717) is 41.8 Å². The van der Waals surface area contributed by atoms with Gasteiger partial charge in [-0.2, -0.15) is 5.10 Å². The molecule has 12 heteroatoms. The van der Waals surface area contributed by atoms with E-state index < -0.39 is 5.97 Å². The van der Waals surface area contributed by atoms with Gasteiger partial charge in [-0.1, -0.05) is 11.6 Å². The van der Waals surface area contributed by atoms with Crippen molar-refractivity contribution >= 4 is 40.9 Å². The monoisotopic (exact) mass is 568 g/mol. The zero-order valence-corrected chi connectivity index (χ0v) is 23.2. The van der Waals surface area contributed by atoms with E-state index in [1.165, 1.54) is 7.11 Å². The van der Waals surface area contributed by atoms with Crippen molar-refractivity contribution in [1.82, 2.24) is 20.0 Å². The van der Waals surface area contributed by atoms with E-state index in [1.54, 1.807) is 41.2 Å². The van der Waals surface area contributed by atoms with Crippen molar-refractivity contribution in [2.45, 2.75) is 12.8 Å². The standard InChI is InChI=1S/C28H33ClN6O5/c1-34-24(11-12-31-34)23-16-22(33-28(38)32-21-7-5-20(29)6-8-21)9-10-25(23)40-15-14-35-13-3-4-19(18-35)27(37)30-17-26(36)39-2/h5-12,16,19H,3-4,13-15,17-18H2,1-2H3,(H,30,37)(H2,32,33,38). The summed E-state index contributed by atoms with van der Waals surface area (Å²) in [5.41, 5.74) is 2.82. The molecule has 11 nitrogen and oxygen atoms in total. The zero-order valence-electron chi connectivity index (χ0n) is 22.5. The number of carbonyl (C=O) groups is 3. The highest BCUT2D eigenvalue weighted by Crippen LogP contribution is 2.32. The summed E-state index contributed by atoms with van der Waals surface area (Å²) in [5, 5.41) is 13.1. The van der Waals surface area contributed by atoms with Crippen LogP contribution in [0.5, 0.6) is 5.75 Å². The molecule has 3 amide bonds. The SMILES string of the molecule is COC(=O)CNC(=O)C1CCCN(CCOc2ccc(NC(=O)Nc3ccc(Cl)cc3)cc2-c2ccnn2C)C1. The van der Waals surface area contributed by atoms with Gasteiger partial charge < -0.3 is 25.4 Å². The average molecular weight is 569 g/mol. The smallest absolute Gasteiger partial charge is 0.325 e. The Hall–Kier alpha value is -4.09. The second-order valence-corrected chi connectivity index (χ2v) is 9.86. The van der Waals surface area contributed by atoms with E-state index in [9.17, 15) is 14.4 Å². The molecular formula is C28H33ClN6O5. The summed E-state index contributed by atoms with van der Waals surface area (Å²) in [6, 6.07) is 13.8. The Morgan fingerprint density at radius 1 is 1.07 bits per heavy atom. The Balaban J connectivity index is 1.37. The fourth-order valence-corrected chi connectivity index (χ4v) is 4.66. The molecule has 4 rings (SSSR count). The number of esters is 1. The van der Waals surface area contributed by atoms with E-state index in [2.05, 4.69) is 30.7 Å². The third-order valence-corrected chi connectivity index (χ3v) is 6.86. The van der Waals surface area contributed by atoms with Gasteiger partial charge in [-0.05, 0) is 67.9 Å². The highest BCUT2D eigenvalue weighted by Gasteiger charge is 2.26. The van der Waals surface area contributed by atoms with E-state index >= 15 is 0 Å². The minimum absolute atomic E-state index is 0.126. The number of amides is 3. The number of halogens is 1. The molecule has 3 N–H and O–H groups in total. The number of methoxy groups -OCH3 is 1. The van der Waals surface area contributed by atoms with Gasteiger partial charge in [0.15, 0.2) is 0 Å². The third-order valence-electron chi connectivity index (χ3n) is 6.61. The molecular weight excluding hydrogens is 536 g/mol. The number of piperidine rings is 1.